The lowest BCUT2D eigenvalue weighted by atomic mass is 9.77. The zero-order chi connectivity index (χ0) is 12.1. The van der Waals surface area contributed by atoms with Gasteiger partial charge in [-0.05, 0) is 37.8 Å². The van der Waals surface area contributed by atoms with Gasteiger partial charge in [0.2, 0.25) is 0 Å². The zero-order valence-corrected chi connectivity index (χ0v) is 10.9. The SMILES string of the molecule is CCCNC(c1ccccc1OC)C1CCC1. The normalized spacial score (nSPS) is 17.5. The number of ether oxygens (including phenoxy) is 1. The summed E-state index contributed by atoms with van der Waals surface area (Å²) in [6.07, 6.45) is 5.25. The first-order chi connectivity index (χ1) is 8.36. The van der Waals surface area contributed by atoms with E-state index in [9.17, 15) is 0 Å². The van der Waals surface area contributed by atoms with Gasteiger partial charge in [-0.3, -0.25) is 0 Å². The maximum Gasteiger partial charge on any atom is 0.123 e. The van der Waals surface area contributed by atoms with Crippen molar-refractivity contribution in [2.45, 2.75) is 38.6 Å². The van der Waals surface area contributed by atoms with Crippen molar-refractivity contribution in [2.75, 3.05) is 13.7 Å². The Bertz CT molecular complexity index is 347. The minimum Gasteiger partial charge on any atom is -0.496 e. The second-order valence-corrected chi connectivity index (χ2v) is 4.86. The molecule has 2 heteroatoms. The highest BCUT2D eigenvalue weighted by Crippen LogP contribution is 2.40. The molecule has 2 nitrogen and oxygen atoms in total. The molecule has 0 amide bonds. The van der Waals surface area contributed by atoms with Crippen LogP contribution >= 0.6 is 0 Å². The summed E-state index contributed by atoms with van der Waals surface area (Å²) < 4.78 is 5.49. The van der Waals surface area contributed by atoms with Gasteiger partial charge < -0.3 is 10.1 Å². The summed E-state index contributed by atoms with van der Waals surface area (Å²) >= 11 is 0. The number of hydrogen-bond donors (Lipinski definition) is 1. The molecular weight excluding hydrogens is 210 g/mol. The van der Waals surface area contributed by atoms with Crippen LogP contribution in [0.15, 0.2) is 24.3 Å². The molecule has 94 valence electrons. The predicted molar refractivity (Wildman–Crippen MR) is 71.4 cm³/mol. The van der Waals surface area contributed by atoms with E-state index in [1.54, 1.807) is 7.11 Å². The third-order valence-corrected chi connectivity index (χ3v) is 3.71. The molecular formula is C15H23NO. The van der Waals surface area contributed by atoms with Crippen molar-refractivity contribution in [3.05, 3.63) is 29.8 Å². The van der Waals surface area contributed by atoms with E-state index in [4.69, 9.17) is 4.74 Å². The van der Waals surface area contributed by atoms with Gasteiger partial charge in [-0.1, -0.05) is 31.5 Å². The third-order valence-electron chi connectivity index (χ3n) is 3.71. The van der Waals surface area contributed by atoms with Gasteiger partial charge >= 0.3 is 0 Å². The molecule has 1 aliphatic carbocycles. The molecule has 0 spiro atoms. The predicted octanol–water partition coefficient (Wildman–Crippen LogP) is 3.54. The maximum atomic E-state index is 5.49. The van der Waals surface area contributed by atoms with Crippen LogP contribution in [-0.4, -0.2) is 13.7 Å². The average Bonchev–Trinajstić information content (AvgIpc) is 2.32. The van der Waals surface area contributed by atoms with Gasteiger partial charge in [0.1, 0.15) is 5.75 Å². The number of para-hydroxylation sites is 1. The summed E-state index contributed by atoms with van der Waals surface area (Å²) in [5.41, 5.74) is 1.33. The summed E-state index contributed by atoms with van der Waals surface area (Å²) in [4.78, 5) is 0. The van der Waals surface area contributed by atoms with Gasteiger partial charge in [0.15, 0.2) is 0 Å². The van der Waals surface area contributed by atoms with Crippen LogP contribution in [0.2, 0.25) is 0 Å². The summed E-state index contributed by atoms with van der Waals surface area (Å²) in [6, 6.07) is 8.89. The summed E-state index contributed by atoms with van der Waals surface area (Å²) in [5, 5.41) is 3.68. The Morgan fingerprint density at radius 2 is 2.12 bits per heavy atom. The van der Waals surface area contributed by atoms with Crippen molar-refractivity contribution in [3.63, 3.8) is 0 Å². The van der Waals surface area contributed by atoms with Gasteiger partial charge in [-0.2, -0.15) is 0 Å². The van der Waals surface area contributed by atoms with Crippen molar-refractivity contribution < 1.29 is 4.74 Å². The Labute approximate surface area is 104 Å². The fourth-order valence-corrected chi connectivity index (χ4v) is 2.53. The van der Waals surface area contributed by atoms with Crippen LogP contribution in [0.4, 0.5) is 0 Å². The Kier molecular flexibility index (Phi) is 4.43. The molecule has 1 unspecified atom stereocenters. The quantitative estimate of drug-likeness (QED) is 0.811. The molecule has 1 atom stereocenters. The van der Waals surface area contributed by atoms with Crippen LogP contribution in [0.5, 0.6) is 5.75 Å². The fourth-order valence-electron chi connectivity index (χ4n) is 2.53. The van der Waals surface area contributed by atoms with E-state index in [0.717, 1.165) is 18.2 Å². The molecule has 2 rings (SSSR count). The van der Waals surface area contributed by atoms with E-state index in [1.807, 2.05) is 6.07 Å². The standard InChI is InChI=1S/C15H23NO/c1-3-11-16-15(12-7-6-8-12)13-9-4-5-10-14(13)17-2/h4-5,9-10,12,15-16H,3,6-8,11H2,1-2H3. The summed E-state index contributed by atoms with van der Waals surface area (Å²) in [6.45, 7) is 3.30. The average molecular weight is 233 g/mol. The monoisotopic (exact) mass is 233 g/mol. The molecule has 1 aromatic carbocycles. The molecule has 17 heavy (non-hydrogen) atoms. The van der Waals surface area contributed by atoms with E-state index < -0.39 is 0 Å². The molecule has 0 radical (unpaired) electrons. The molecule has 1 saturated carbocycles. The van der Waals surface area contributed by atoms with Gasteiger partial charge in [-0.15, -0.1) is 0 Å². The van der Waals surface area contributed by atoms with Crippen LogP contribution in [0, 0.1) is 5.92 Å². The molecule has 0 heterocycles. The minimum atomic E-state index is 0.472. The molecule has 1 fully saturated rings. The van der Waals surface area contributed by atoms with E-state index >= 15 is 0 Å². The van der Waals surface area contributed by atoms with E-state index in [-0.39, 0.29) is 0 Å². The first-order valence-electron chi connectivity index (χ1n) is 6.73. The Hall–Kier alpha value is -1.02. The smallest absolute Gasteiger partial charge is 0.123 e. The fraction of sp³-hybridized carbons (Fsp3) is 0.600. The zero-order valence-electron chi connectivity index (χ0n) is 10.9. The summed E-state index contributed by atoms with van der Waals surface area (Å²) in [7, 11) is 1.76. The largest absolute Gasteiger partial charge is 0.496 e. The Balaban J connectivity index is 2.17. The van der Waals surface area contributed by atoms with Crippen molar-refractivity contribution in [3.8, 4) is 5.75 Å². The first-order valence-corrected chi connectivity index (χ1v) is 6.73. The number of benzene rings is 1. The highest BCUT2D eigenvalue weighted by Gasteiger charge is 2.29. The number of hydrogen-bond acceptors (Lipinski definition) is 2. The number of nitrogens with one attached hydrogen (secondary N) is 1. The van der Waals surface area contributed by atoms with Crippen LogP contribution in [0.3, 0.4) is 0 Å². The maximum absolute atomic E-state index is 5.49. The number of methoxy groups -OCH3 is 1. The molecule has 1 aromatic rings. The van der Waals surface area contributed by atoms with Gasteiger partial charge in [-0.25, -0.2) is 0 Å². The molecule has 0 aliphatic heterocycles. The van der Waals surface area contributed by atoms with Crippen LogP contribution in [0.25, 0.3) is 0 Å². The van der Waals surface area contributed by atoms with Crippen LogP contribution in [-0.2, 0) is 0 Å². The van der Waals surface area contributed by atoms with E-state index in [0.29, 0.717) is 6.04 Å². The van der Waals surface area contributed by atoms with E-state index in [1.165, 1.54) is 31.2 Å². The molecule has 0 bridgehead atoms. The van der Waals surface area contributed by atoms with Gasteiger partial charge in [0.25, 0.3) is 0 Å². The number of rotatable bonds is 6. The lowest BCUT2D eigenvalue weighted by Crippen LogP contribution is -2.32. The topological polar surface area (TPSA) is 21.3 Å². The molecule has 0 aromatic heterocycles. The van der Waals surface area contributed by atoms with E-state index in [2.05, 4.69) is 30.4 Å². The van der Waals surface area contributed by atoms with Crippen LogP contribution in [0.1, 0.15) is 44.2 Å². The third kappa shape index (κ3) is 2.81. The lowest BCUT2D eigenvalue weighted by molar-refractivity contribution is 0.227. The molecule has 0 saturated heterocycles. The highest BCUT2D eigenvalue weighted by atomic mass is 16.5. The van der Waals surface area contributed by atoms with Gasteiger partial charge in [0.05, 0.1) is 7.11 Å². The summed E-state index contributed by atoms with van der Waals surface area (Å²) in [5.74, 6) is 1.81. The lowest BCUT2D eigenvalue weighted by Gasteiger charge is -2.35. The highest BCUT2D eigenvalue weighted by molar-refractivity contribution is 5.36. The van der Waals surface area contributed by atoms with Crippen molar-refractivity contribution in [1.29, 1.82) is 0 Å². The molecule has 1 aliphatic rings. The second-order valence-electron chi connectivity index (χ2n) is 4.86. The molecule has 1 N–H and O–H groups in total. The van der Waals surface area contributed by atoms with Gasteiger partial charge in [0, 0.05) is 11.6 Å². The Morgan fingerprint density at radius 3 is 2.71 bits per heavy atom. The minimum absolute atomic E-state index is 0.472. The van der Waals surface area contributed by atoms with Crippen molar-refractivity contribution in [1.82, 2.24) is 5.32 Å². The van der Waals surface area contributed by atoms with Crippen molar-refractivity contribution in [2.24, 2.45) is 5.92 Å². The van der Waals surface area contributed by atoms with Crippen molar-refractivity contribution >= 4 is 0 Å². The second kappa shape index (κ2) is 6.06. The van der Waals surface area contributed by atoms with Crippen LogP contribution < -0.4 is 10.1 Å². The first kappa shape index (κ1) is 12.4. The Morgan fingerprint density at radius 1 is 1.35 bits per heavy atom.